The van der Waals surface area contributed by atoms with Crippen molar-refractivity contribution in [3.8, 4) is 11.1 Å². The van der Waals surface area contributed by atoms with Crippen LogP contribution in [0, 0.1) is 5.92 Å². The molecule has 0 radical (unpaired) electrons. The molecule has 2 aromatic rings. The first-order valence-corrected chi connectivity index (χ1v) is 8.98. The Labute approximate surface area is 152 Å². The number of hydrogen-bond donors (Lipinski definition) is 2. The summed E-state index contributed by atoms with van der Waals surface area (Å²) in [7, 11) is 0. The van der Waals surface area contributed by atoms with Crippen molar-refractivity contribution in [1.82, 2.24) is 5.32 Å². The van der Waals surface area contributed by atoms with Gasteiger partial charge in [0.2, 0.25) is 0 Å². The third kappa shape index (κ3) is 3.05. The molecule has 4 rings (SSSR count). The standard InChI is InChI=1S/C21H21NO4/c23-20(24)13-9-10-14(11-13)22-21(25)26-12-19-17-7-3-1-5-15(17)16-6-2-4-8-18(16)19/h1-8,13-14,19H,9-12H2,(H,22,25)(H,23,24)/t13?,14-/m0/s1. The van der Waals surface area contributed by atoms with Crippen molar-refractivity contribution >= 4 is 12.1 Å². The van der Waals surface area contributed by atoms with Crippen LogP contribution in [0.4, 0.5) is 4.79 Å². The van der Waals surface area contributed by atoms with Crippen LogP contribution in [0.1, 0.15) is 36.3 Å². The average Bonchev–Trinajstić information content (AvgIpc) is 3.23. The van der Waals surface area contributed by atoms with E-state index < -0.39 is 12.1 Å². The lowest BCUT2D eigenvalue weighted by molar-refractivity contribution is -0.141. The van der Waals surface area contributed by atoms with Gasteiger partial charge in [-0.2, -0.15) is 0 Å². The number of benzene rings is 2. The number of carbonyl (C=O) groups excluding carboxylic acids is 1. The number of amides is 1. The smallest absolute Gasteiger partial charge is 0.407 e. The normalized spacial score (nSPS) is 21.1. The lowest BCUT2D eigenvalue weighted by Gasteiger charge is -2.16. The van der Waals surface area contributed by atoms with Gasteiger partial charge in [0.05, 0.1) is 5.92 Å². The lowest BCUT2D eigenvalue weighted by Crippen LogP contribution is -2.34. The maximum Gasteiger partial charge on any atom is 0.407 e. The van der Waals surface area contributed by atoms with Gasteiger partial charge in [-0.3, -0.25) is 4.79 Å². The summed E-state index contributed by atoms with van der Waals surface area (Å²) in [6.45, 7) is 0.273. The Morgan fingerprint density at radius 3 is 2.19 bits per heavy atom. The minimum atomic E-state index is -0.790. The maximum absolute atomic E-state index is 12.2. The Hall–Kier alpha value is -2.82. The van der Waals surface area contributed by atoms with Gasteiger partial charge in [0, 0.05) is 12.0 Å². The highest BCUT2D eigenvalue weighted by atomic mass is 16.5. The molecule has 0 bridgehead atoms. The minimum absolute atomic E-state index is 0.0310. The van der Waals surface area contributed by atoms with E-state index in [1.165, 1.54) is 22.3 Å². The molecule has 2 atom stereocenters. The van der Waals surface area contributed by atoms with Gasteiger partial charge in [-0.15, -0.1) is 0 Å². The molecule has 1 fully saturated rings. The van der Waals surface area contributed by atoms with Crippen molar-refractivity contribution in [2.45, 2.75) is 31.2 Å². The van der Waals surface area contributed by atoms with Gasteiger partial charge < -0.3 is 15.2 Å². The van der Waals surface area contributed by atoms with Crippen LogP contribution in [0.2, 0.25) is 0 Å². The minimum Gasteiger partial charge on any atom is -0.481 e. The number of carboxylic acids is 1. The van der Waals surface area contributed by atoms with E-state index in [-0.39, 0.29) is 24.5 Å². The van der Waals surface area contributed by atoms with Crippen molar-refractivity contribution in [2.75, 3.05) is 6.61 Å². The number of ether oxygens (including phenoxy) is 1. The van der Waals surface area contributed by atoms with Crippen LogP contribution in [0.3, 0.4) is 0 Å². The summed E-state index contributed by atoms with van der Waals surface area (Å²) in [6.07, 6.45) is 1.28. The van der Waals surface area contributed by atoms with E-state index in [2.05, 4.69) is 29.6 Å². The van der Waals surface area contributed by atoms with Crippen molar-refractivity contribution in [1.29, 1.82) is 0 Å². The molecule has 5 nitrogen and oxygen atoms in total. The first-order valence-electron chi connectivity index (χ1n) is 8.98. The topological polar surface area (TPSA) is 75.6 Å². The molecule has 1 amide bonds. The van der Waals surface area contributed by atoms with Gasteiger partial charge in [-0.05, 0) is 41.5 Å². The highest BCUT2D eigenvalue weighted by molar-refractivity contribution is 5.79. The van der Waals surface area contributed by atoms with Crippen molar-refractivity contribution < 1.29 is 19.4 Å². The molecule has 26 heavy (non-hydrogen) atoms. The summed E-state index contributed by atoms with van der Waals surface area (Å²) >= 11 is 0. The molecular formula is C21H21NO4. The van der Waals surface area contributed by atoms with Crippen LogP contribution in [-0.4, -0.2) is 29.8 Å². The SMILES string of the molecule is O=C(N[C@H]1CCC(C(=O)O)C1)OCC1c2ccccc2-c2ccccc21. The Morgan fingerprint density at radius 2 is 1.62 bits per heavy atom. The van der Waals surface area contributed by atoms with E-state index in [1.807, 2.05) is 24.3 Å². The Balaban J connectivity index is 1.41. The fourth-order valence-electron chi connectivity index (χ4n) is 4.14. The van der Waals surface area contributed by atoms with E-state index in [9.17, 15) is 9.59 Å². The third-order valence-corrected chi connectivity index (χ3v) is 5.45. The number of hydrogen-bond acceptors (Lipinski definition) is 3. The van der Waals surface area contributed by atoms with Crippen LogP contribution in [0.25, 0.3) is 11.1 Å². The van der Waals surface area contributed by atoms with Crippen molar-refractivity contribution in [3.63, 3.8) is 0 Å². The van der Waals surface area contributed by atoms with E-state index in [0.29, 0.717) is 19.3 Å². The lowest BCUT2D eigenvalue weighted by atomic mass is 9.98. The summed E-state index contributed by atoms with van der Waals surface area (Å²) in [5, 5.41) is 11.9. The zero-order chi connectivity index (χ0) is 18.1. The molecule has 2 N–H and O–H groups in total. The molecule has 2 aromatic carbocycles. The van der Waals surface area contributed by atoms with Gasteiger partial charge >= 0.3 is 12.1 Å². The predicted octanol–water partition coefficient (Wildman–Crippen LogP) is 3.78. The molecular weight excluding hydrogens is 330 g/mol. The molecule has 1 unspecified atom stereocenters. The van der Waals surface area contributed by atoms with Crippen molar-refractivity contribution in [3.05, 3.63) is 59.7 Å². The monoisotopic (exact) mass is 351 g/mol. The molecule has 0 aliphatic heterocycles. The number of nitrogens with one attached hydrogen (secondary N) is 1. The first-order chi connectivity index (χ1) is 12.6. The summed E-state index contributed by atoms with van der Waals surface area (Å²) in [5.74, 6) is -1.13. The fourth-order valence-corrected chi connectivity index (χ4v) is 4.14. The number of aliphatic carboxylic acids is 1. The zero-order valence-corrected chi connectivity index (χ0v) is 14.4. The molecule has 134 valence electrons. The van der Waals surface area contributed by atoms with Gasteiger partial charge in [0.15, 0.2) is 0 Å². The number of fused-ring (bicyclic) bond motifs is 3. The van der Waals surface area contributed by atoms with Gasteiger partial charge in [-0.1, -0.05) is 48.5 Å². The predicted molar refractivity (Wildman–Crippen MR) is 97.0 cm³/mol. The number of carboxylic acid groups (broad SMARTS) is 1. The first kappa shape index (κ1) is 16.6. The Kier molecular flexibility index (Phi) is 4.37. The van der Waals surface area contributed by atoms with Gasteiger partial charge in [-0.25, -0.2) is 4.79 Å². The third-order valence-electron chi connectivity index (χ3n) is 5.45. The van der Waals surface area contributed by atoms with Gasteiger partial charge in [0.25, 0.3) is 0 Å². The largest absolute Gasteiger partial charge is 0.481 e. The molecule has 0 aromatic heterocycles. The van der Waals surface area contributed by atoms with E-state index in [0.717, 1.165) is 0 Å². The Bertz CT molecular complexity index is 802. The second-order valence-electron chi connectivity index (χ2n) is 7.02. The number of carbonyl (C=O) groups is 2. The molecule has 1 saturated carbocycles. The second kappa shape index (κ2) is 6.83. The second-order valence-corrected chi connectivity index (χ2v) is 7.02. The molecule has 5 heteroatoms. The maximum atomic E-state index is 12.2. The molecule has 0 heterocycles. The van der Waals surface area contributed by atoms with Crippen LogP contribution >= 0.6 is 0 Å². The molecule has 2 aliphatic carbocycles. The molecule has 0 spiro atoms. The summed E-state index contributed by atoms with van der Waals surface area (Å²) < 4.78 is 5.50. The summed E-state index contributed by atoms with van der Waals surface area (Å²) in [6, 6.07) is 16.3. The molecule has 0 saturated heterocycles. The summed E-state index contributed by atoms with van der Waals surface area (Å²) in [5.41, 5.74) is 4.73. The highest BCUT2D eigenvalue weighted by Gasteiger charge is 2.32. The Morgan fingerprint density at radius 1 is 1.00 bits per heavy atom. The average molecular weight is 351 g/mol. The van der Waals surface area contributed by atoms with Gasteiger partial charge in [0.1, 0.15) is 6.61 Å². The number of alkyl carbamates (subject to hydrolysis) is 1. The quantitative estimate of drug-likeness (QED) is 0.879. The zero-order valence-electron chi connectivity index (χ0n) is 14.4. The number of rotatable bonds is 4. The highest BCUT2D eigenvalue weighted by Crippen LogP contribution is 2.44. The fraction of sp³-hybridized carbons (Fsp3) is 0.333. The molecule has 2 aliphatic rings. The van der Waals surface area contributed by atoms with E-state index >= 15 is 0 Å². The van der Waals surface area contributed by atoms with Crippen molar-refractivity contribution in [2.24, 2.45) is 5.92 Å². The summed E-state index contributed by atoms with van der Waals surface area (Å²) in [4.78, 5) is 23.2. The van der Waals surface area contributed by atoms with Crippen LogP contribution in [0.5, 0.6) is 0 Å². The van der Waals surface area contributed by atoms with Crippen LogP contribution < -0.4 is 5.32 Å². The van der Waals surface area contributed by atoms with Crippen LogP contribution in [-0.2, 0) is 9.53 Å². The van der Waals surface area contributed by atoms with Crippen LogP contribution in [0.15, 0.2) is 48.5 Å². The van der Waals surface area contributed by atoms with E-state index in [4.69, 9.17) is 9.84 Å². The van der Waals surface area contributed by atoms with E-state index in [1.54, 1.807) is 0 Å².